The minimum Gasteiger partial charge on any atom is -0.308 e. The van der Waals surface area contributed by atoms with Gasteiger partial charge in [0.2, 0.25) is 0 Å². The van der Waals surface area contributed by atoms with E-state index < -0.39 is 83.6 Å². The molecule has 0 fully saturated rings. The van der Waals surface area contributed by atoms with E-state index in [1.807, 2.05) is 121 Å². The van der Waals surface area contributed by atoms with E-state index >= 15 is 0 Å². The molecule has 0 spiro atoms. The van der Waals surface area contributed by atoms with Crippen LogP contribution in [-0.2, 0) is 0 Å². The van der Waals surface area contributed by atoms with Crippen LogP contribution in [0.25, 0.3) is 115 Å². The first-order chi connectivity index (χ1) is 35.7. The lowest BCUT2D eigenvalue weighted by molar-refractivity contribution is 1.07. The van der Waals surface area contributed by atoms with Crippen molar-refractivity contribution < 1.29 is 16.4 Å². The first-order valence-corrected chi connectivity index (χ1v) is 20.7. The van der Waals surface area contributed by atoms with Crippen molar-refractivity contribution >= 4 is 53.3 Å². The smallest absolute Gasteiger partial charge is 0.166 e. The highest BCUT2D eigenvalue weighted by Crippen LogP contribution is 2.43. The number of para-hydroxylation sites is 2. The maximum absolute atomic E-state index is 9.91. The van der Waals surface area contributed by atoms with Crippen molar-refractivity contribution in [3.63, 3.8) is 0 Å². The fourth-order valence-corrected chi connectivity index (χ4v) is 9.26. The second-order valence-electron chi connectivity index (χ2n) is 14.7. The first-order valence-electron chi connectivity index (χ1n) is 25.9. The second-order valence-corrected chi connectivity index (χ2v) is 15.7. The van der Waals surface area contributed by atoms with Gasteiger partial charge in [-0.15, -0.1) is 11.3 Å². The van der Waals surface area contributed by atoms with Gasteiger partial charge in [-0.3, -0.25) is 0 Å². The van der Waals surface area contributed by atoms with Crippen LogP contribution in [0.2, 0.25) is 0 Å². The van der Waals surface area contributed by atoms with Gasteiger partial charge in [0.15, 0.2) is 17.5 Å². The quantitative estimate of drug-likeness (QED) is 0.161. The van der Waals surface area contributed by atoms with E-state index in [1.165, 1.54) is 4.57 Å². The van der Waals surface area contributed by atoms with E-state index in [0.29, 0.717) is 39.5 Å². The minimum atomic E-state index is -0.706. The fraction of sp³-hybridized carbons (Fsp3) is 0. The van der Waals surface area contributed by atoms with E-state index in [2.05, 4.69) is 18.2 Å². The molecule has 0 atom stereocenters. The van der Waals surface area contributed by atoms with Crippen molar-refractivity contribution in [3.8, 4) is 73.2 Å². The monoisotopic (exact) mass is 820 g/mol. The molecule has 0 aliphatic heterocycles. The predicted octanol–water partition coefficient (Wildman–Crippen LogP) is 15.3. The molecule has 290 valence electrons. The Hall–Kier alpha value is -7.99. The molecule has 3 aromatic heterocycles. The van der Waals surface area contributed by atoms with Gasteiger partial charge in [0.25, 0.3) is 0 Å². The summed E-state index contributed by atoms with van der Waals surface area (Å²) in [5.41, 5.74) is 3.84. The maximum Gasteiger partial charge on any atom is 0.166 e. The van der Waals surface area contributed by atoms with E-state index in [-0.39, 0.29) is 33.3 Å². The largest absolute Gasteiger partial charge is 0.308 e. The third kappa shape index (κ3) is 6.18. The zero-order valence-electron chi connectivity index (χ0n) is 44.6. The highest BCUT2D eigenvalue weighted by molar-refractivity contribution is 7.25. The lowest BCUT2D eigenvalue weighted by Crippen LogP contribution is -2.05. The van der Waals surface area contributed by atoms with Crippen LogP contribution in [0, 0.1) is 0 Å². The Labute approximate surface area is 379 Å². The van der Waals surface area contributed by atoms with E-state index in [0.717, 1.165) is 31.3 Å². The summed E-state index contributed by atoms with van der Waals surface area (Å²) in [6, 6.07) is 39.2. The summed E-state index contributed by atoms with van der Waals surface area (Å²) >= 11 is 1.65. The summed E-state index contributed by atoms with van der Waals surface area (Å²) < 4.78 is 113. The van der Waals surface area contributed by atoms with Crippen molar-refractivity contribution in [2.75, 3.05) is 0 Å². The van der Waals surface area contributed by atoms with Crippen LogP contribution in [-0.4, -0.2) is 19.5 Å². The molecule has 0 unspecified atom stereocenters. The van der Waals surface area contributed by atoms with Crippen LogP contribution in [0.1, 0.15) is 16.4 Å². The van der Waals surface area contributed by atoms with Gasteiger partial charge in [0, 0.05) is 53.2 Å². The normalized spacial score (nSPS) is 14.3. The van der Waals surface area contributed by atoms with Gasteiger partial charge in [-0.1, -0.05) is 182 Å². The summed E-state index contributed by atoms with van der Waals surface area (Å²) in [7, 11) is 0. The minimum absolute atomic E-state index is 0.131. The van der Waals surface area contributed by atoms with Crippen LogP contribution in [0.15, 0.2) is 218 Å². The highest BCUT2D eigenvalue weighted by atomic mass is 32.1. The molecule has 0 aliphatic carbocycles. The zero-order valence-corrected chi connectivity index (χ0v) is 33.4. The van der Waals surface area contributed by atoms with Crippen molar-refractivity contribution in [3.05, 3.63) is 218 Å². The number of rotatable bonds is 7. The first kappa shape index (κ1) is 25.6. The highest BCUT2D eigenvalue weighted by Gasteiger charge is 2.23. The van der Waals surface area contributed by atoms with E-state index in [9.17, 15) is 6.85 Å². The topological polar surface area (TPSA) is 43.6 Å². The molecule has 0 aliphatic rings. The van der Waals surface area contributed by atoms with Gasteiger partial charge in [-0.25, -0.2) is 15.0 Å². The number of thiophene rings is 1. The summed E-state index contributed by atoms with van der Waals surface area (Å²) in [4.78, 5) is 15.4. The molecule has 0 amide bonds. The lowest BCUT2D eigenvalue weighted by Gasteiger charge is -2.19. The number of hydrogen-bond acceptors (Lipinski definition) is 4. The summed E-state index contributed by atoms with van der Waals surface area (Å²) in [6.07, 6.45) is 0. The molecule has 0 saturated carbocycles. The molecule has 0 N–H and O–H groups in total. The van der Waals surface area contributed by atoms with Crippen LogP contribution < -0.4 is 0 Å². The Morgan fingerprint density at radius 3 is 1.81 bits per heavy atom. The van der Waals surface area contributed by atoms with Gasteiger partial charge < -0.3 is 4.57 Å². The number of fused-ring (bicyclic) bond motifs is 6. The Morgan fingerprint density at radius 1 is 0.371 bits per heavy atom. The Bertz CT molecular complexity index is 4300. The molecule has 4 nitrogen and oxygen atoms in total. The Balaban J connectivity index is 1.22. The van der Waals surface area contributed by atoms with Gasteiger partial charge >= 0.3 is 0 Å². The van der Waals surface area contributed by atoms with E-state index in [4.69, 9.17) is 24.5 Å². The van der Waals surface area contributed by atoms with Crippen molar-refractivity contribution in [1.29, 1.82) is 0 Å². The van der Waals surface area contributed by atoms with Crippen LogP contribution >= 0.6 is 11.3 Å². The standard InChI is InChI=1S/C57H36N4S/c1-4-15-37(16-5-1)39-27-29-40(30-28-39)44-23-14-24-48(54(44)61-50-25-12-10-21-45(50)49-35-42(32-34-51(49)61)38-17-6-2-7-18-38)57-59-55(41-19-8-3-9-20-41)58-56(60-57)43-31-33-47-46-22-11-13-26-52(46)62-53(47)36-43/h1-36H/i2D,6D,7D,10D,12D,17D,18D,21D,25D,32D,34D,35D. The van der Waals surface area contributed by atoms with Gasteiger partial charge in [0.1, 0.15) is 0 Å². The molecule has 12 rings (SSSR count). The van der Waals surface area contributed by atoms with Crippen molar-refractivity contribution in [1.82, 2.24) is 19.5 Å². The Morgan fingerprint density at radius 2 is 0.984 bits per heavy atom. The molecular formula is C57H36N4S. The molecule has 0 bridgehead atoms. The molecule has 3 heterocycles. The third-order valence-electron chi connectivity index (χ3n) is 11.0. The van der Waals surface area contributed by atoms with Crippen molar-refractivity contribution in [2.45, 2.75) is 0 Å². The zero-order chi connectivity index (χ0) is 51.4. The molecular weight excluding hydrogens is 773 g/mol. The van der Waals surface area contributed by atoms with Gasteiger partial charge in [-0.2, -0.15) is 0 Å². The summed E-state index contributed by atoms with van der Waals surface area (Å²) in [6.45, 7) is 0. The summed E-state index contributed by atoms with van der Waals surface area (Å²) in [5, 5.41) is 1.85. The lowest BCUT2D eigenvalue weighted by atomic mass is 9.96. The molecule has 0 radical (unpaired) electrons. The number of benzene rings is 9. The molecule has 5 heteroatoms. The number of aromatic nitrogens is 4. The third-order valence-corrected chi connectivity index (χ3v) is 12.1. The average molecular weight is 821 g/mol. The molecule has 62 heavy (non-hydrogen) atoms. The maximum atomic E-state index is 9.91. The summed E-state index contributed by atoms with van der Waals surface area (Å²) in [5.74, 6) is 0.840. The number of hydrogen-bond donors (Lipinski definition) is 0. The Kier molecular flexibility index (Phi) is 6.16. The average Bonchev–Trinajstić information content (AvgIpc) is 4.00. The molecule has 12 aromatic rings. The number of nitrogens with zero attached hydrogens (tertiary/aromatic N) is 4. The van der Waals surface area contributed by atoms with Crippen LogP contribution in [0.4, 0.5) is 0 Å². The van der Waals surface area contributed by atoms with Crippen LogP contribution in [0.3, 0.4) is 0 Å². The van der Waals surface area contributed by atoms with Gasteiger partial charge in [-0.05, 0) is 64.1 Å². The van der Waals surface area contributed by atoms with E-state index in [1.54, 1.807) is 17.4 Å². The van der Waals surface area contributed by atoms with Crippen molar-refractivity contribution in [2.24, 2.45) is 0 Å². The fourth-order valence-electron chi connectivity index (χ4n) is 8.12. The van der Waals surface area contributed by atoms with Gasteiger partial charge in [0.05, 0.1) is 33.2 Å². The molecule has 9 aromatic carbocycles. The van der Waals surface area contributed by atoms with Crippen LogP contribution in [0.5, 0.6) is 0 Å². The molecule has 0 saturated heterocycles. The predicted molar refractivity (Wildman–Crippen MR) is 260 cm³/mol. The second kappa shape index (κ2) is 14.9. The SMILES string of the molecule is [2H]c1c([2H])c([2H])c(-c2c([2H])c([2H])c3c(c2[2H])c2c([2H])c([2H])c([2H])c([2H])c2n3-c2c(-c3ccc(-c4ccccc4)cc3)cccc2-c2nc(-c3ccccc3)nc(-c3ccc4c(c3)sc3ccccc34)n2)c([2H])c1[2H].